The highest BCUT2D eigenvalue weighted by Gasteiger charge is 2.22. The van der Waals surface area contributed by atoms with Crippen molar-refractivity contribution in [2.24, 2.45) is 0 Å². The minimum absolute atomic E-state index is 0.269. The number of aromatic nitrogens is 2. The first-order chi connectivity index (χ1) is 13.6. The first-order valence-corrected chi connectivity index (χ1v) is 8.84. The SMILES string of the molecule is Fc1ccc(NC(c2ccc(F)cc2)c2nnc(-c3ccccc3Cl)o2)cc1. The van der Waals surface area contributed by atoms with Crippen molar-refractivity contribution in [3.05, 3.63) is 101 Å². The van der Waals surface area contributed by atoms with Gasteiger partial charge in [0.2, 0.25) is 11.8 Å². The molecular formula is C21H14ClF2N3O. The molecule has 4 rings (SSSR count). The maximum Gasteiger partial charge on any atom is 0.249 e. The van der Waals surface area contributed by atoms with Crippen LogP contribution in [0.1, 0.15) is 17.5 Å². The minimum Gasteiger partial charge on any atom is -0.418 e. The van der Waals surface area contributed by atoms with Crippen LogP contribution in [0, 0.1) is 11.6 Å². The smallest absolute Gasteiger partial charge is 0.249 e. The largest absolute Gasteiger partial charge is 0.418 e. The molecule has 1 heterocycles. The van der Waals surface area contributed by atoms with Crippen LogP contribution in [0.15, 0.2) is 77.2 Å². The molecule has 1 atom stereocenters. The van der Waals surface area contributed by atoms with Gasteiger partial charge in [-0.1, -0.05) is 35.9 Å². The lowest BCUT2D eigenvalue weighted by Crippen LogP contribution is -2.13. The first-order valence-electron chi connectivity index (χ1n) is 8.46. The summed E-state index contributed by atoms with van der Waals surface area (Å²) >= 11 is 6.21. The van der Waals surface area contributed by atoms with Gasteiger partial charge in [-0.15, -0.1) is 10.2 Å². The summed E-state index contributed by atoms with van der Waals surface area (Å²) in [6.07, 6.45) is 0. The molecular weight excluding hydrogens is 384 g/mol. The second-order valence-corrected chi connectivity index (χ2v) is 6.47. The number of hydrogen-bond donors (Lipinski definition) is 1. The van der Waals surface area contributed by atoms with Crippen molar-refractivity contribution >= 4 is 17.3 Å². The molecule has 0 aliphatic carbocycles. The van der Waals surface area contributed by atoms with Crippen molar-refractivity contribution in [2.45, 2.75) is 6.04 Å². The van der Waals surface area contributed by atoms with Crippen LogP contribution in [0.25, 0.3) is 11.5 Å². The van der Waals surface area contributed by atoms with E-state index in [4.69, 9.17) is 16.0 Å². The van der Waals surface area contributed by atoms with Gasteiger partial charge in [0.25, 0.3) is 0 Å². The van der Waals surface area contributed by atoms with Crippen LogP contribution < -0.4 is 5.32 Å². The van der Waals surface area contributed by atoms with Gasteiger partial charge >= 0.3 is 0 Å². The van der Waals surface area contributed by atoms with Crippen molar-refractivity contribution in [1.29, 1.82) is 0 Å². The van der Waals surface area contributed by atoms with E-state index in [-0.39, 0.29) is 23.4 Å². The molecule has 7 heteroatoms. The molecule has 0 aliphatic heterocycles. The van der Waals surface area contributed by atoms with Gasteiger partial charge < -0.3 is 9.73 Å². The average Bonchev–Trinajstić information content (AvgIpc) is 3.18. The Morgan fingerprint density at radius 1 is 0.821 bits per heavy atom. The highest BCUT2D eigenvalue weighted by molar-refractivity contribution is 6.33. The van der Waals surface area contributed by atoms with Crippen molar-refractivity contribution in [3.63, 3.8) is 0 Å². The maximum absolute atomic E-state index is 13.4. The van der Waals surface area contributed by atoms with Crippen LogP contribution in [-0.2, 0) is 0 Å². The lowest BCUT2D eigenvalue weighted by molar-refractivity contribution is 0.494. The summed E-state index contributed by atoms with van der Waals surface area (Å²) in [5.41, 5.74) is 1.97. The molecule has 1 aromatic heterocycles. The molecule has 0 fully saturated rings. The molecule has 0 radical (unpaired) electrons. The number of rotatable bonds is 5. The minimum atomic E-state index is -0.560. The number of anilines is 1. The van der Waals surface area contributed by atoms with Gasteiger partial charge in [-0.25, -0.2) is 8.78 Å². The summed E-state index contributed by atoms with van der Waals surface area (Å²) in [5, 5.41) is 11.9. The third-order valence-electron chi connectivity index (χ3n) is 4.15. The fourth-order valence-electron chi connectivity index (χ4n) is 2.75. The van der Waals surface area contributed by atoms with Crippen LogP contribution in [0.2, 0.25) is 5.02 Å². The number of hydrogen-bond acceptors (Lipinski definition) is 4. The Balaban J connectivity index is 1.72. The zero-order valence-corrected chi connectivity index (χ0v) is 15.2. The van der Waals surface area contributed by atoms with Gasteiger partial charge in [0.15, 0.2) is 0 Å². The molecule has 1 N–H and O–H groups in total. The molecule has 0 saturated carbocycles. The van der Waals surface area contributed by atoms with Crippen LogP contribution in [-0.4, -0.2) is 10.2 Å². The Hall–Kier alpha value is -3.25. The molecule has 140 valence electrons. The molecule has 28 heavy (non-hydrogen) atoms. The predicted molar refractivity (Wildman–Crippen MR) is 103 cm³/mol. The molecule has 0 aliphatic rings. The summed E-state index contributed by atoms with van der Waals surface area (Å²) in [6.45, 7) is 0. The summed E-state index contributed by atoms with van der Waals surface area (Å²) in [4.78, 5) is 0. The molecule has 4 aromatic rings. The van der Waals surface area contributed by atoms with Crippen LogP contribution in [0.3, 0.4) is 0 Å². The summed E-state index contributed by atoms with van der Waals surface area (Å²) in [5.74, 6) is -0.159. The normalized spacial score (nSPS) is 12.0. The molecule has 0 amide bonds. The van der Waals surface area contributed by atoms with Gasteiger partial charge in [0, 0.05) is 5.69 Å². The Kier molecular flexibility index (Phi) is 5.04. The monoisotopic (exact) mass is 397 g/mol. The third-order valence-corrected chi connectivity index (χ3v) is 4.48. The molecule has 3 aromatic carbocycles. The maximum atomic E-state index is 13.4. The van der Waals surface area contributed by atoms with Gasteiger partial charge in [-0.3, -0.25) is 0 Å². The topological polar surface area (TPSA) is 51.0 Å². The zero-order chi connectivity index (χ0) is 19.5. The summed E-state index contributed by atoms with van der Waals surface area (Å²) < 4.78 is 32.4. The Morgan fingerprint density at radius 2 is 1.46 bits per heavy atom. The van der Waals surface area contributed by atoms with E-state index in [2.05, 4.69) is 15.5 Å². The quantitative estimate of drug-likeness (QED) is 0.457. The lowest BCUT2D eigenvalue weighted by atomic mass is 10.1. The Bertz CT molecular complexity index is 1080. The summed E-state index contributed by atoms with van der Waals surface area (Å²) in [6, 6.07) is 18.4. The van der Waals surface area contributed by atoms with Gasteiger partial charge in [0.1, 0.15) is 17.7 Å². The molecule has 0 bridgehead atoms. The van der Waals surface area contributed by atoms with Crippen molar-refractivity contribution in [3.8, 4) is 11.5 Å². The Morgan fingerprint density at radius 3 is 2.14 bits per heavy atom. The van der Waals surface area contributed by atoms with Crippen LogP contribution >= 0.6 is 11.6 Å². The van der Waals surface area contributed by atoms with Crippen LogP contribution in [0.5, 0.6) is 0 Å². The average molecular weight is 398 g/mol. The fourth-order valence-corrected chi connectivity index (χ4v) is 2.97. The van der Waals surface area contributed by atoms with E-state index in [1.54, 1.807) is 42.5 Å². The van der Waals surface area contributed by atoms with E-state index in [9.17, 15) is 8.78 Å². The summed E-state index contributed by atoms with van der Waals surface area (Å²) in [7, 11) is 0. The van der Waals surface area contributed by atoms with Crippen molar-refractivity contribution in [2.75, 3.05) is 5.32 Å². The Labute approximate surface area is 164 Å². The van der Waals surface area contributed by atoms with E-state index < -0.39 is 6.04 Å². The number of nitrogens with zero attached hydrogens (tertiary/aromatic N) is 2. The predicted octanol–water partition coefficient (Wildman–Crippen LogP) is 5.87. The van der Waals surface area contributed by atoms with E-state index in [1.807, 2.05) is 6.07 Å². The number of halogens is 3. The highest BCUT2D eigenvalue weighted by atomic mass is 35.5. The third kappa shape index (κ3) is 3.87. The second kappa shape index (κ2) is 7.78. The highest BCUT2D eigenvalue weighted by Crippen LogP contribution is 2.31. The number of nitrogens with one attached hydrogen (secondary N) is 1. The van der Waals surface area contributed by atoms with Gasteiger partial charge in [0.05, 0.1) is 10.6 Å². The van der Waals surface area contributed by atoms with E-state index in [0.29, 0.717) is 21.8 Å². The van der Waals surface area contributed by atoms with E-state index >= 15 is 0 Å². The molecule has 4 nitrogen and oxygen atoms in total. The van der Waals surface area contributed by atoms with Crippen molar-refractivity contribution in [1.82, 2.24) is 10.2 Å². The second-order valence-electron chi connectivity index (χ2n) is 6.06. The van der Waals surface area contributed by atoms with Crippen molar-refractivity contribution < 1.29 is 13.2 Å². The molecule has 0 spiro atoms. The van der Waals surface area contributed by atoms with Crippen LogP contribution in [0.4, 0.5) is 14.5 Å². The standard InChI is InChI=1S/C21H14ClF2N3O/c22-18-4-2-1-3-17(18)20-26-27-21(28-20)19(13-5-7-14(23)8-6-13)25-16-11-9-15(24)10-12-16/h1-12,19,25H. The fraction of sp³-hybridized carbons (Fsp3) is 0.0476. The lowest BCUT2D eigenvalue weighted by Gasteiger charge is -2.17. The number of benzene rings is 3. The zero-order valence-electron chi connectivity index (χ0n) is 14.4. The first kappa shape index (κ1) is 18.1. The van der Waals surface area contributed by atoms with Gasteiger partial charge in [-0.05, 0) is 54.1 Å². The molecule has 0 saturated heterocycles. The molecule has 1 unspecified atom stereocenters. The van der Waals surface area contributed by atoms with Gasteiger partial charge in [-0.2, -0.15) is 0 Å². The van der Waals surface area contributed by atoms with E-state index in [1.165, 1.54) is 24.3 Å². The van der Waals surface area contributed by atoms with E-state index in [0.717, 1.165) is 0 Å².